The van der Waals surface area contributed by atoms with E-state index in [1.54, 1.807) is 18.0 Å². The van der Waals surface area contributed by atoms with E-state index in [0.717, 1.165) is 4.90 Å². The molecule has 1 heterocycles. The number of benzene rings is 1. The summed E-state index contributed by atoms with van der Waals surface area (Å²) < 4.78 is 0. The zero-order chi connectivity index (χ0) is 13.9. The van der Waals surface area contributed by atoms with Gasteiger partial charge in [0, 0.05) is 16.0 Å². The Morgan fingerprint density at radius 2 is 1.95 bits per heavy atom. The summed E-state index contributed by atoms with van der Waals surface area (Å²) >= 11 is 1.66. The molecular weight excluding hydrogens is 270 g/mol. The molecule has 1 aromatic carbocycles. The predicted molar refractivity (Wildman–Crippen MR) is 79.3 cm³/mol. The molecule has 0 aliphatic heterocycles. The van der Waals surface area contributed by atoms with Crippen LogP contribution in [0.2, 0.25) is 0 Å². The van der Waals surface area contributed by atoms with Gasteiger partial charge in [-0.3, -0.25) is 4.98 Å². The second-order valence-corrected chi connectivity index (χ2v) is 5.90. The lowest BCUT2D eigenvalue weighted by Gasteiger charge is -2.06. The van der Waals surface area contributed by atoms with Crippen molar-refractivity contribution < 1.29 is 5.21 Å². The Kier molecular flexibility index (Phi) is 3.60. The Balaban J connectivity index is 1.84. The third kappa shape index (κ3) is 2.63. The van der Waals surface area contributed by atoms with Crippen LogP contribution in [-0.4, -0.2) is 16.0 Å². The number of oxime groups is 1. The van der Waals surface area contributed by atoms with Crippen molar-refractivity contribution in [3.63, 3.8) is 0 Å². The number of aryl methyl sites for hydroxylation is 2. The van der Waals surface area contributed by atoms with Crippen LogP contribution < -0.4 is 5.73 Å². The average Bonchev–Trinajstić information content (AvgIpc) is 2.94. The Morgan fingerprint density at radius 3 is 2.80 bits per heavy atom. The topological polar surface area (TPSA) is 71.5 Å². The lowest BCUT2D eigenvalue weighted by molar-refractivity contribution is 0.318. The lowest BCUT2D eigenvalue weighted by Crippen LogP contribution is -2.14. The maximum absolute atomic E-state index is 8.69. The van der Waals surface area contributed by atoms with Gasteiger partial charge < -0.3 is 10.9 Å². The van der Waals surface area contributed by atoms with Gasteiger partial charge in [0.2, 0.25) is 0 Å². The van der Waals surface area contributed by atoms with Crippen molar-refractivity contribution in [2.45, 2.75) is 29.1 Å². The molecule has 5 heteroatoms. The Labute approximate surface area is 121 Å². The van der Waals surface area contributed by atoms with Crippen LogP contribution in [0.15, 0.2) is 51.5 Å². The standard InChI is InChI=1S/C15H15N3OS/c16-15(18-19)14-9-13(6-7-17-14)20-12-5-4-10-2-1-3-11(10)8-12/h4-9,19H,1-3H2,(H2,16,18). The van der Waals surface area contributed by atoms with E-state index in [1.165, 1.54) is 35.3 Å². The molecule has 0 fully saturated rings. The van der Waals surface area contributed by atoms with E-state index in [-0.39, 0.29) is 5.84 Å². The average molecular weight is 285 g/mol. The largest absolute Gasteiger partial charge is 0.409 e. The van der Waals surface area contributed by atoms with E-state index in [0.29, 0.717) is 5.69 Å². The highest BCUT2D eigenvalue weighted by Gasteiger charge is 2.11. The predicted octanol–water partition coefficient (Wildman–Crippen LogP) is 2.82. The summed E-state index contributed by atoms with van der Waals surface area (Å²) in [7, 11) is 0. The van der Waals surface area contributed by atoms with Gasteiger partial charge in [-0.2, -0.15) is 0 Å². The van der Waals surface area contributed by atoms with Gasteiger partial charge in [-0.1, -0.05) is 23.0 Å². The van der Waals surface area contributed by atoms with Crippen molar-refractivity contribution in [3.05, 3.63) is 53.3 Å². The molecule has 4 nitrogen and oxygen atoms in total. The fourth-order valence-electron chi connectivity index (χ4n) is 2.41. The normalized spacial score (nSPS) is 14.3. The monoisotopic (exact) mass is 285 g/mol. The molecule has 1 aromatic heterocycles. The minimum Gasteiger partial charge on any atom is -0.409 e. The summed E-state index contributed by atoms with van der Waals surface area (Å²) in [5.74, 6) is 0.0291. The first-order valence-electron chi connectivity index (χ1n) is 6.50. The van der Waals surface area contributed by atoms with Crippen LogP contribution >= 0.6 is 11.8 Å². The first-order chi connectivity index (χ1) is 9.76. The number of aromatic nitrogens is 1. The van der Waals surface area contributed by atoms with E-state index in [4.69, 9.17) is 10.9 Å². The highest BCUT2D eigenvalue weighted by molar-refractivity contribution is 7.99. The Morgan fingerprint density at radius 1 is 1.15 bits per heavy atom. The molecule has 0 unspecified atom stereocenters. The molecule has 0 saturated heterocycles. The Bertz CT molecular complexity index is 670. The molecule has 20 heavy (non-hydrogen) atoms. The molecule has 0 radical (unpaired) electrons. The van der Waals surface area contributed by atoms with Crippen molar-refractivity contribution >= 4 is 17.6 Å². The first kappa shape index (κ1) is 13.0. The van der Waals surface area contributed by atoms with Gasteiger partial charge in [0.1, 0.15) is 5.69 Å². The highest BCUT2D eigenvalue weighted by Crippen LogP contribution is 2.32. The van der Waals surface area contributed by atoms with Gasteiger partial charge in [-0.15, -0.1) is 0 Å². The van der Waals surface area contributed by atoms with E-state index < -0.39 is 0 Å². The summed E-state index contributed by atoms with van der Waals surface area (Å²) in [6, 6.07) is 10.4. The van der Waals surface area contributed by atoms with Crippen LogP contribution in [0.3, 0.4) is 0 Å². The van der Waals surface area contributed by atoms with Crippen molar-refractivity contribution in [1.82, 2.24) is 4.98 Å². The van der Waals surface area contributed by atoms with Gasteiger partial charge in [0.25, 0.3) is 0 Å². The second kappa shape index (κ2) is 5.54. The van der Waals surface area contributed by atoms with Gasteiger partial charge in [0.05, 0.1) is 0 Å². The quantitative estimate of drug-likeness (QED) is 0.394. The summed E-state index contributed by atoms with van der Waals surface area (Å²) in [4.78, 5) is 6.32. The SMILES string of the molecule is NC(=NO)c1cc(Sc2ccc3c(c2)CCC3)ccn1. The van der Waals surface area contributed by atoms with Crippen molar-refractivity contribution in [2.75, 3.05) is 0 Å². The highest BCUT2D eigenvalue weighted by atomic mass is 32.2. The number of amidine groups is 1. The number of rotatable bonds is 3. The molecule has 0 bridgehead atoms. The number of pyridine rings is 1. The molecule has 1 aliphatic rings. The summed E-state index contributed by atoms with van der Waals surface area (Å²) in [5, 5.41) is 11.7. The zero-order valence-corrected chi connectivity index (χ0v) is 11.7. The van der Waals surface area contributed by atoms with Crippen LogP contribution in [0.25, 0.3) is 0 Å². The third-order valence-corrected chi connectivity index (χ3v) is 4.39. The summed E-state index contributed by atoms with van der Waals surface area (Å²) in [5.41, 5.74) is 8.98. The summed E-state index contributed by atoms with van der Waals surface area (Å²) in [6.45, 7) is 0. The molecule has 0 saturated carbocycles. The van der Waals surface area contributed by atoms with Crippen molar-refractivity contribution in [2.24, 2.45) is 10.9 Å². The molecule has 0 atom stereocenters. The minimum absolute atomic E-state index is 0.0291. The number of hydrogen-bond donors (Lipinski definition) is 2. The van der Waals surface area contributed by atoms with Crippen LogP contribution in [0, 0.1) is 0 Å². The number of nitrogens with zero attached hydrogens (tertiary/aromatic N) is 2. The van der Waals surface area contributed by atoms with Gasteiger partial charge in [-0.25, -0.2) is 0 Å². The van der Waals surface area contributed by atoms with Gasteiger partial charge in [0.15, 0.2) is 5.84 Å². The maximum atomic E-state index is 8.69. The molecule has 2 aromatic rings. The smallest absolute Gasteiger partial charge is 0.188 e. The van der Waals surface area contributed by atoms with E-state index >= 15 is 0 Å². The lowest BCUT2D eigenvalue weighted by atomic mass is 10.1. The van der Waals surface area contributed by atoms with Crippen LogP contribution in [0.4, 0.5) is 0 Å². The van der Waals surface area contributed by atoms with E-state index in [1.807, 2.05) is 12.1 Å². The van der Waals surface area contributed by atoms with Gasteiger partial charge >= 0.3 is 0 Å². The van der Waals surface area contributed by atoms with E-state index in [2.05, 4.69) is 28.3 Å². The van der Waals surface area contributed by atoms with E-state index in [9.17, 15) is 0 Å². The number of fused-ring (bicyclic) bond motifs is 1. The Hall–Kier alpha value is -2.01. The molecule has 1 aliphatic carbocycles. The van der Waals surface area contributed by atoms with Crippen LogP contribution in [0.1, 0.15) is 23.2 Å². The molecule has 3 rings (SSSR count). The number of nitrogens with two attached hydrogens (primary N) is 1. The van der Waals surface area contributed by atoms with Crippen molar-refractivity contribution in [3.8, 4) is 0 Å². The molecule has 3 N–H and O–H groups in total. The second-order valence-electron chi connectivity index (χ2n) is 4.75. The first-order valence-corrected chi connectivity index (χ1v) is 7.31. The fraction of sp³-hybridized carbons (Fsp3) is 0.200. The maximum Gasteiger partial charge on any atom is 0.188 e. The fourth-order valence-corrected chi connectivity index (χ4v) is 3.32. The zero-order valence-electron chi connectivity index (χ0n) is 10.9. The number of hydrogen-bond acceptors (Lipinski definition) is 4. The van der Waals surface area contributed by atoms with Crippen LogP contribution in [0.5, 0.6) is 0 Å². The molecule has 102 valence electrons. The molecule has 0 amide bonds. The van der Waals surface area contributed by atoms with Crippen molar-refractivity contribution in [1.29, 1.82) is 0 Å². The third-order valence-electron chi connectivity index (χ3n) is 3.41. The minimum atomic E-state index is 0.0291. The molecular formula is C15H15N3OS. The van der Waals surface area contributed by atoms with Crippen LogP contribution in [-0.2, 0) is 12.8 Å². The van der Waals surface area contributed by atoms with Gasteiger partial charge in [-0.05, 0) is 54.7 Å². The molecule has 0 spiro atoms. The summed E-state index contributed by atoms with van der Waals surface area (Å²) in [6.07, 6.45) is 5.30.